The van der Waals surface area contributed by atoms with Crippen molar-refractivity contribution in [2.24, 2.45) is 0 Å². The fourth-order valence-corrected chi connectivity index (χ4v) is 3.92. The van der Waals surface area contributed by atoms with E-state index in [9.17, 15) is 13.2 Å². The Bertz CT molecular complexity index is 1070. The summed E-state index contributed by atoms with van der Waals surface area (Å²) in [6, 6.07) is 11.1. The molecule has 0 radical (unpaired) electrons. The Kier molecular flexibility index (Phi) is 5.43. The van der Waals surface area contributed by atoms with Gasteiger partial charge in [0.2, 0.25) is 18.2 Å². The average Bonchev–Trinajstić information content (AvgIpc) is 3.11. The molecule has 0 saturated heterocycles. The van der Waals surface area contributed by atoms with Crippen LogP contribution in [0.3, 0.4) is 0 Å². The van der Waals surface area contributed by atoms with E-state index in [2.05, 4.69) is 20.2 Å². The number of amides is 1. The molecule has 8 nitrogen and oxygen atoms in total. The number of nitrogens with zero attached hydrogens (tertiary/aromatic N) is 2. The minimum Gasteiger partial charge on any atom is -0.427 e. The van der Waals surface area contributed by atoms with Crippen molar-refractivity contribution in [1.82, 2.24) is 10.2 Å². The van der Waals surface area contributed by atoms with Crippen LogP contribution in [0.2, 0.25) is 5.02 Å². The predicted octanol–water partition coefficient (Wildman–Crippen LogP) is 3.01. The Hall–Kier alpha value is -2.91. The molecule has 0 unspecified atom stereocenters. The van der Waals surface area contributed by atoms with Crippen molar-refractivity contribution in [3.8, 4) is 0 Å². The van der Waals surface area contributed by atoms with Crippen LogP contribution in [0.15, 0.2) is 58.2 Å². The zero-order chi connectivity index (χ0) is 19.4. The number of carbonyl (C=O) groups is 1. The largest absolute Gasteiger partial charge is 0.427 e. The first-order valence-corrected chi connectivity index (χ1v) is 9.64. The van der Waals surface area contributed by atoms with E-state index >= 15 is 0 Å². The molecule has 0 fully saturated rings. The minimum atomic E-state index is -3.90. The van der Waals surface area contributed by atoms with Crippen molar-refractivity contribution in [2.45, 2.75) is 18.2 Å². The Labute approximate surface area is 160 Å². The van der Waals surface area contributed by atoms with E-state index in [0.29, 0.717) is 11.3 Å². The quantitative estimate of drug-likeness (QED) is 0.650. The SMILES string of the molecule is Cc1ccc(NC(=O)Cc2nnco2)cc1S(=O)(=O)Nc1ccccc1Cl. The highest BCUT2D eigenvalue weighted by Gasteiger charge is 2.19. The third kappa shape index (κ3) is 4.63. The van der Waals surface area contributed by atoms with Gasteiger partial charge in [-0.2, -0.15) is 0 Å². The average molecular weight is 407 g/mol. The monoisotopic (exact) mass is 406 g/mol. The molecule has 27 heavy (non-hydrogen) atoms. The number of halogens is 1. The number of aromatic nitrogens is 2. The zero-order valence-corrected chi connectivity index (χ0v) is 15.7. The molecule has 10 heteroatoms. The standard InChI is InChI=1S/C17H15ClN4O4S/c1-11-6-7-12(20-16(23)9-17-21-19-10-26-17)8-15(11)27(24,25)22-14-5-3-2-4-13(14)18/h2-8,10,22H,9H2,1H3,(H,20,23). The molecule has 0 spiro atoms. The number of nitrogens with one attached hydrogen (secondary N) is 2. The topological polar surface area (TPSA) is 114 Å². The summed E-state index contributed by atoms with van der Waals surface area (Å²) in [6.45, 7) is 1.66. The molecule has 140 valence electrons. The second kappa shape index (κ2) is 7.77. The van der Waals surface area contributed by atoms with Gasteiger partial charge in [-0.05, 0) is 36.8 Å². The van der Waals surface area contributed by atoms with Crippen LogP contribution in [0, 0.1) is 6.92 Å². The molecule has 1 amide bonds. The fourth-order valence-electron chi connectivity index (χ4n) is 2.33. The van der Waals surface area contributed by atoms with Gasteiger partial charge >= 0.3 is 0 Å². The van der Waals surface area contributed by atoms with Gasteiger partial charge in [0.05, 0.1) is 15.6 Å². The maximum atomic E-state index is 12.8. The van der Waals surface area contributed by atoms with Gasteiger partial charge in [-0.25, -0.2) is 8.42 Å². The van der Waals surface area contributed by atoms with Crippen molar-refractivity contribution in [3.05, 3.63) is 65.3 Å². The molecule has 2 aromatic carbocycles. The zero-order valence-electron chi connectivity index (χ0n) is 14.1. The number of carbonyl (C=O) groups excluding carboxylic acids is 1. The molecule has 0 aliphatic carbocycles. The van der Waals surface area contributed by atoms with Gasteiger partial charge in [0.15, 0.2) is 0 Å². The van der Waals surface area contributed by atoms with Crippen LogP contribution in [-0.2, 0) is 21.2 Å². The molecule has 0 bridgehead atoms. The van der Waals surface area contributed by atoms with Crippen LogP contribution in [0.4, 0.5) is 11.4 Å². The van der Waals surface area contributed by atoms with Crippen LogP contribution in [0.5, 0.6) is 0 Å². The molecule has 1 aromatic heterocycles. The smallest absolute Gasteiger partial charge is 0.262 e. The Morgan fingerprint density at radius 1 is 1.22 bits per heavy atom. The van der Waals surface area contributed by atoms with Crippen LogP contribution in [0.25, 0.3) is 0 Å². The molecule has 3 rings (SSSR count). The molecule has 3 aromatic rings. The first kappa shape index (κ1) is 18.9. The molecule has 0 aliphatic heterocycles. The summed E-state index contributed by atoms with van der Waals surface area (Å²) in [5.41, 5.74) is 1.11. The Balaban J connectivity index is 1.82. The lowest BCUT2D eigenvalue weighted by Gasteiger charge is -2.13. The van der Waals surface area contributed by atoms with Gasteiger partial charge in [0.1, 0.15) is 6.42 Å². The third-order valence-corrected chi connectivity index (χ3v) is 5.43. The highest BCUT2D eigenvalue weighted by Crippen LogP contribution is 2.26. The maximum Gasteiger partial charge on any atom is 0.262 e. The molecular formula is C17H15ClN4O4S. The van der Waals surface area contributed by atoms with E-state index < -0.39 is 15.9 Å². The van der Waals surface area contributed by atoms with E-state index in [1.165, 1.54) is 6.07 Å². The number of hydrogen-bond donors (Lipinski definition) is 2. The van der Waals surface area contributed by atoms with Crippen LogP contribution in [0.1, 0.15) is 11.5 Å². The van der Waals surface area contributed by atoms with Crippen molar-refractivity contribution in [1.29, 1.82) is 0 Å². The van der Waals surface area contributed by atoms with Crippen molar-refractivity contribution < 1.29 is 17.6 Å². The van der Waals surface area contributed by atoms with E-state index in [0.717, 1.165) is 6.39 Å². The van der Waals surface area contributed by atoms with Crippen molar-refractivity contribution >= 4 is 38.9 Å². The predicted molar refractivity (Wildman–Crippen MR) is 100 cm³/mol. The lowest BCUT2D eigenvalue weighted by Crippen LogP contribution is -2.17. The molecule has 0 atom stereocenters. The number of anilines is 2. The minimum absolute atomic E-state index is 0.0259. The first-order valence-electron chi connectivity index (χ1n) is 7.78. The number of para-hydroxylation sites is 1. The van der Waals surface area contributed by atoms with E-state index in [-0.39, 0.29) is 27.9 Å². The summed E-state index contributed by atoms with van der Waals surface area (Å²) in [5.74, 6) is -0.252. The summed E-state index contributed by atoms with van der Waals surface area (Å²) in [4.78, 5) is 12.1. The molecule has 0 saturated carbocycles. The van der Waals surface area contributed by atoms with E-state index in [1.54, 1.807) is 43.3 Å². The summed E-state index contributed by atoms with van der Waals surface area (Å²) in [5, 5.41) is 10.0. The number of hydrogen-bond acceptors (Lipinski definition) is 6. The second-order valence-electron chi connectivity index (χ2n) is 5.62. The summed E-state index contributed by atoms with van der Waals surface area (Å²) in [7, 11) is -3.90. The number of benzene rings is 2. The van der Waals surface area contributed by atoms with E-state index in [1.807, 2.05) is 0 Å². The van der Waals surface area contributed by atoms with Crippen LogP contribution < -0.4 is 10.0 Å². The van der Waals surface area contributed by atoms with Crippen LogP contribution >= 0.6 is 11.6 Å². The lowest BCUT2D eigenvalue weighted by atomic mass is 10.2. The first-order chi connectivity index (χ1) is 12.8. The third-order valence-electron chi connectivity index (χ3n) is 3.60. The summed E-state index contributed by atoms with van der Waals surface area (Å²) in [6.07, 6.45) is 1.01. The highest BCUT2D eigenvalue weighted by molar-refractivity contribution is 7.92. The second-order valence-corrected chi connectivity index (χ2v) is 7.68. The van der Waals surface area contributed by atoms with Gasteiger partial charge in [-0.15, -0.1) is 10.2 Å². The molecular weight excluding hydrogens is 392 g/mol. The van der Waals surface area contributed by atoms with Gasteiger partial charge in [0, 0.05) is 5.69 Å². The fraction of sp³-hybridized carbons (Fsp3) is 0.118. The Morgan fingerprint density at radius 2 is 2.00 bits per heavy atom. The summed E-state index contributed by atoms with van der Waals surface area (Å²) >= 11 is 6.02. The molecule has 0 aliphatic rings. The Morgan fingerprint density at radius 3 is 2.70 bits per heavy atom. The van der Waals surface area contributed by atoms with Gasteiger partial charge in [0.25, 0.3) is 10.0 Å². The summed E-state index contributed by atoms with van der Waals surface area (Å²) < 4.78 is 32.9. The highest BCUT2D eigenvalue weighted by atomic mass is 35.5. The van der Waals surface area contributed by atoms with Gasteiger partial charge in [-0.3, -0.25) is 9.52 Å². The van der Waals surface area contributed by atoms with Crippen molar-refractivity contribution in [2.75, 3.05) is 10.0 Å². The number of rotatable bonds is 6. The lowest BCUT2D eigenvalue weighted by molar-refractivity contribution is -0.115. The molecule has 1 heterocycles. The van der Waals surface area contributed by atoms with E-state index in [4.69, 9.17) is 16.0 Å². The molecule has 2 N–H and O–H groups in total. The van der Waals surface area contributed by atoms with Gasteiger partial charge in [-0.1, -0.05) is 29.8 Å². The number of sulfonamides is 1. The maximum absolute atomic E-state index is 12.8. The van der Waals surface area contributed by atoms with Crippen LogP contribution in [-0.4, -0.2) is 24.5 Å². The van der Waals surface area contributed by atoms with Crippen molar-refractivity contribution in [3.63, 3.8) is 0 Å². The van der Waals surface area contributed by atoms with Gasteiger partial charge < -0.3 is 9.73 Å². The number of aryl methyl sites for hydroxylation is 1. The normalized spacial score (nSPS) is 11.2.